The van der Waals surface area contributed by atoms with E-state index in [-0.39, 0.29) is 6.42 Å². The smallest absolute Gasteiger partial charge is 0.455 e. The molecule has 0 spiro atoms. The highest BCUT2D eigenvalue weighted by molar-refractivity contribution is 6.64. The fraction of sp³-hybridized carbons (Fsp3) is 0.786. The van der Waals surface area contributed by atoms with Gasteiger partial charge in [0.15, 0.2) is 0 Å². The number of nitrogens with zero attached hydrogens (tertiary/aromatic N) is 1. The minimum atomic E-state index is -3.61. The second kappa shape index (κ2) is 10.3. The van der Waals surface area contributed by atoms with Crippen LogP contribution in [0.15, 0.2) is 0 Å². The summed E-state index contributed by atoms with van der Waals surface area (Å²) in [6, 6.07) is 0. The first-order valence-electron chi connectivity index (χ1n) is 7.55. The van der Waals surface area contributed by atoms with Crippen molar-refractivity contribution < 1.29 is 27.7 Å². The van der Waals surface area contributed by atoms with Crippen LogP contribution in [-0.4, -0.2) is 51.2 Å². The Morgan fingerprint density at radius 3 is 1.68 bits per heavy atom. The third-order valence-electron chi connectivity index (χ3n) is 2.67. The SMILES string of the molecule is CCCN(CCC)CCC(=O)O[Si](C)(OC(C)=O)OC(C)=O. The summed E-state index contributed by atoms with van der Waals surface area (Å²) in [5, 5.41) is 0. The maximum Gasteiger partial charge on any atom is 0.701 e. The van der Waals surface area contributed by atoms with Crippen LogP contribution >= 0.6 is 0 Å². The molecule has 0 aliphatic heterocycles. The Labute approximate surface area is 133 Å². The van der Waals surface area contributed by atoms with Crippen molar-refractivity contribution in [2.24, 2.45) is 0 Å². The number of rotatable bonds is 10. The fourth-order valence-corrected chi connectivity index (χ4v) is 3.74. The third kappa shape index (κ3) is 9.51. The molecule has 128 valence electrons. The van der Waals surface area contributed by atoms with E-state index in [9.17, 15) is 14.4 Å². The molecule has 0 rings (SSSR count). The van der Waals surface area contributed by atoms with Crippen molar-refractivity contribution in [2.45, 2.75) is 53.5 Å². The lowest BCUT2D eigenvalue weighted by Crippen LogP contribution is -2.47. The molecule has 0 aliphatic carbocycles. The van der Waals surface area contributed by atoms with Crippen LogP contribution in [0.1, 0.15) is 47.0 Å². The van der Waals surface area contributed by atoms with Crippen LogP contribution in [0.25, 0.3) is 0 Å². The Kier molecular flexibility index (Phi) is 9.67. The summed E-state index contributed by atoms with van der Waals surface area (Å²) >= 11 is 0. The first-order chi connectivity index (χ1) is 10.2. The van der Waals surface area contributed by atoms with Crippen molar-refractivity contribution >= 4 is 26.7 Å². The molecule has 0 aromatic rings. The predicted octanol–water partition coefficient (Wildman–Crippen LogP) is 1.74. The van der Waals surface area contributed by atoms with Gasteiger partial charge in [-0.1, -0.05) is 13.8 Å². The number of hydrogen-bond acceptors (Lipinski definition) is 7. The van der Waals surface area contributed by atoms with Crippen molar-refractivity contribution in [1.82, 2.24) is 4.90 Å². The van der Waals surface area contributed by atoms with E-state index in [0.29, 0.717) is 6.54 Å². The second-order valence-electron chi connectivity index (χ2n) is 5.12. The average molecular weight is 333 g/mol. The average Bonchev–Trinajstić information content (AvgIpc) is 2.33. The van der Waals surface area contributed by atoms with Crippen LogP contribution in [0.2, 0.25) is 6.55 Å². The summed E-state index contributed by atoms with van der Waals surface area (Å²) in [7, 11) is -3.61. The minimum absolute atomic E-state index is 0.158. The molecule has 8 heteroatoms. The Balaban J connectivity index is 4.55. The van der Waals surface area contributed by atoms with Gasteiger partial charge in [0.25, 0.3) is 17.9 Å². The zero-order valence-electron chi connectivity index (χ0n) is 14.1. The summed E-state index contributed by atoms with van der Waals surface area (Å²) in [5.41, 5.74) is 0. The molecule has 0 unspecified atom stereocenters. The van der Waals surface area contributed by atoms with Crippen LogP contribution in [0.5, 0.6) is 0 Å². The molecule has 0 atom stereocenters. The maximum absolute atomic E-state index is 11.9. The summed E-state index contributed by atoms with van der Waals surface area (Å²) < 4.78 is 15.0. The van der Waals surface area contributed by atoms with Crippen molar-refractivity contribution in [3.05, 3.63) is 0 Å². The van der Waals surface area contributed by atoms with Crippen molar-refractivity contribution in [1.29, 1.82) is 0 Å². The normalized spacial score (nSPS) is 11.2. The van der Waals surface area contributed by atoms with Gasteiger partial charge in [-0.25, -0.2) is 0 Å². The Hall–Kier alpha value is -1.41. The molecule has 7 nitrogen and oxygen atoms in total. The van der Waals surface area contributed by atoms with E-state index < -0.39 is 26.7 Å². The van der Waals surface area contributed by atoms with Gasteiger partial charge in [0, 0.05) is 26.9 Å². The first-order valence-corrected chi connectivity index (χ1v) is 9.78. The minimum Gasteiger partial charge on any atom is -0.455 e. The molecular weight excluding hydrogens is 306 g/mol. The van der Waals surface area contributed by atoms with Crippen LogP contribution < -0.4 is 0 Å². The van der Waals surface area contributed by atoms with Gasteiger partial charge < -0.3 is 18.2 Å². The molecule has 0 aromatic carbocycles. The van der Waals surface area contributed by atoms with E-state index in [0.717, 1.165) is 25.9 Å². The Morgan fingerprint density at radius 2 is 1.32 bits per heavy atom. The fourth-order valence-electron chi connectivity index (χ4n) is 2.06. The van der Waals surface area contributed by atoms with E-state index in [1.165, 1.54) is 20.4 Å². The Morgan fingerprint density at radius 1 is 0.864 bits per heavy atom. The van der Waals surface area contributed by atoms with Crippen LogP contribution in [0.4, 0.5) is 0 Å². The zero-order chi connectivity index (χ0) is 17.2. The highest BCUT2D eigenvalue weighted by atomic mass is 28.4. The van der Waals surface area contributed by atoms with Gasteiger partial charge in [-0.05, 0) is 25.9 Å². The number of carbonyl (C=O) groups excluding carboxylic acids is 3. The van der Waals surface area contributed by atoms with Gasteiger partial charge in [0.1, 0.15) is 0 Å². The highest BCUT2D eigenvalue weighted by Gasteiger charge is 2.46. The Bertz CT molecular complexity index is 366. The molecule has 0 aromatic heterocycles. The zero-order valence-corrected chi connectivity index (χ0v) is 15.1. The van der Waals surface area contributed by atoms with E-state index in [1.807, 2.05) is 0 Å². The van der Waals surface area contributed by atoms with Crippen LogP contribution in [-0.2, 0) is 27.7 Å². The third-order valence-corrected chi connectivity index (χ3v) is 4.58. The molecule has 0 N–H and O–H groups in total. The lowest BCUT2D eigenvalue weighted by Gasteiger charge is -2.24. The van der Waals surface area contributed by atoms with E-state index in [1.54, 1.807) is 0 Å². The van der Waals surface area contributed by atoms with Gasteiger partial charge in [-0.3, -0.25) is 14.4 Å². The second-order valence-corrected chi connectivity index (χ2v) is 7.45. The van der Waals surface area contributed by atoms with E-state index >= 15 is 0 Å². The quantitative estimate of drug-likeness (QED) is 0.563. The van der Waals surface area contributed by atoms with Crippen molar-refractivity contribution in [2.75, 3.05) is 19.6 Å². The highest BCUT2D eigenvalue weighted by Crippen LogP contribution is 2.12. The molecule has 0 bridgehead atoms. The lowest BCUT2D eigenvalue weighted by atomic mass is 10.3. The molecule has 0 saturated carbocycles. The lowest BCUT2D eigenvalue weighted by molar-refractivity contribution is -0.148. The topological polar surface area (TPSA) is 82.1 Å². The molecule has 0 saturated heterocycles. The largest absolute Gasteiger partial charge is 0.701 e. The summed E-state index contributed by atoms with van der Waals surface area (Å²) in [6.07, 6.45) is 2.16. The number of hydrogen-bond donors (Lipinski definition) is 0. The van der Waals surface area contributed by atoms with E-state index in [4.69, 9.17) is 13.3 Å². The van der Waals surface area contributed by atoms with Gasteiger partial charge >= 0.3 is 8.80 Å². The summed E-state index contributed by atoms with van der Waals surface area (Å²) in [6.45, 7) is 10.2. The molecular formula is C14H27NO6Si. The molecule has 0 aliphatic rings. The summed E-state index contributed by atoms with van der Waals surface area (Å²) in [5.74, 6) is -1.84. The van der Waals surface area contributed by atoms with E-state index in [2.05, 4.69) is 18.7 Å². The monoisotopic (exact) mass is 333 g/mol. The van der Waals surface area contributed by atoms with Crippen molar-refractivity contribution in [3.63, 3.8) is 0 Å². The van der Waals surface area contributed by atoms with Gasteiger partial charge in [0.2, 0.25) is 0 Å². The molecule has 0 amide bonds. The molecule has 0 radical (unpaired) electrons. The number of carbonyl (C=O) groups is 3. The van der Waals surface area contributed by atoms with Gasteiger partial charge in [-0.15, -0.1) is 0 Å². The maximum atomic E-state index is 11.9. The molecule has 0 heterocycles. The standard InChI is InChI=1S/C14H27NO6Si/c1-6-9-15(10-7-2)11-8-14(18)21-22(5,19-12(3)16)20-13(4)17/h6-11H2,1-5H3. The van der Waals surface area contributed by atoms with Crippen LogP contribution in [0.3, 0.4) is 0 Å². The van der Waals surface area contributed by atoms with Gasteiger partial charge in [-0.2, -0.15) is 0 Å². The first kappa shape index (κ1) is 20.6. The van der Waals surface area contributed by atoms with Crippen molar-refractivity contribution in [3.8, 4) is 0 Å². The van der Waals surface area contributed by atoms with Crippen LogP contribution in [0, 0.1) is 0 Å². The molecule has 0 fully saturated rings. The predicted molar refractivity (Wildman–Crippen MR) is 82.9 cm³/mol. The summed E-state index contributed by atoms with van der Waals surface area (Å²) in [4.78, 5) is 36.3. The van der Waals surface area contributed by atoms with Gasteiger partial charge in [0.05, 0.1) is 6.42 Å². The molecule has 22 heavy (non-hydrogen) atoms.